The third-order valence-corrected chi connectivity index (χ3v) is 2.89. The molecule has 0 aliphatic rings. The van der Waals surface area contributed by atoms with Crippen LogP contribution in [0.3, 0.4) is 0 Å². The minimum atomic E-state index is 0.458. The van der Waals surface area contributed by atoms with Gasteiger partial charge in [-0.1, -0.05) is 48.8 Å². The van der Waals surface area contributed by atoms with E-state index < -0.39 is 0 Å². The highest BCUT2D eigenvalue weighted by molar-refractivity contribution is 5.42. The second-order valence-corrected chi connectivity index (χ2v) is 4.24. The summed E-state index contributed by atoms with van der Waals surface area (Å²) in [6, 6.07) is 10.3. The van der Waals surface area contributed by atoms with Crippen LogP contribution in [0.1, 0.15) is 36.6 Å². The molecule has 0 amide bonds. The summed E-state index contributed by atoms with van der Waals surface area (Å²) < 4.78 is 5.09. The smallest absolute Gasteiger partial charge is 0.225 e. The largest absolute Gasteiger partial charge is 0.367 e. The number of nitrogens with zero attached hydrogens (tertiary/aromatic N) is 1. The average Bonchev–Trinajstić information content (AvgIpc) is 2.70. The molecule has 0 bridgehead atoms. The van der Waals surface area contributed by atoms with Gasteiger partial charge in [0.2, 0.25) is 5.88 Å². The molecule has 0 fully saturated rings. The minimum absolute atomic E-state index is 0.458. The van der Waals surface area contributed by atoms with Crippen LogP contribution in [0.15, 0.2) is 34.9 Å². The van der Waals surface area contributed by atoms with Crippen molar-refractivity contribution in [2.45, 2.75) is 32.6 Å². The van der Waals surface area contributed by atoms with Gasteiger partial charge in [0.15, 0.2) is 0 Å². The van der Waals surface area contributed by atoms with E-state index in [1.54, 1.807) is 0 Å². The Bertz CT molecular complexity index is 462. The molecule has 0 aliphatic carbocycles. The molecule has 2 N–H and O–H groups in total. The van der Waals surface area contributed by atoms with Crippen LogP contribution in [0.2, 0.25) is 0 Å². The molecular weight excluding hydrogens is 212 g/mol. The van der Waals surface area contributed by atoms with E-state index in [1.807, 2.05) is 18.2 Å². The molecule has 17 heavy (non-hydrogen) atoms. The van der Waals surface area contributed by atoms with E-state index in [9.17, 15) is 0 Å². The molecule has 3 heteroatoms. The molecule has 0 unspecified atom stereocenters. The normalized spacial score (nSPS) is 10.6. The van der Waals surface area contributed by atoms with Crippen LogP contribution in [0.4, 0.5) is 5.88 Å². The zero-order chi connectivity index (χ0) is 12.1. The van der Waals surface area contributed by atoms with Gasteiger partial charge in [-0.2, -0.15) is 0 Å². The molecule has 2 aromatic rings. The summed E-state index contributed by atoms with van der Waals surface area (Å²) in [4.78, 5) is 0. The van der Waals surface area contributed by atoms with Crippen molar-refractivity contribution in [1.29, 1.82) is 0 Å². The first-order valence-corrected chi connectivity index (χ1v) is 6.08. The van der Waals surface area contributed by atoms with Crippen molar-refractivity contribution >= 4 is 5.88 Å². The maximum absolute atomic E-state index is 5.83. The quantitative estimate of drug-likeness (QED) is 0.858. The summed E-state index contributed by atoms with van der Waals surface area (Å²) in [5.74, 6) is 0.458. The zero-order valence-electron chi connectivity index (χ0n) is 10.1. The van der Waals surface area contributed by atoms with Gasteiger partial charge in [0, 0.05) is 12.0 Å². The number of unbranched alkanes of at least 4 members (excludes halogenated alkanes) is 1. The Kier molecular flexibility index (Phi) is 3.81. The Hall–Kier alpha value is -1.77. The molecule has 90 valence electrons. The number of hydrogen-bond donors (Lipinski definition) is 1. The lowest BCUT2D eigenvalue weighted by Gasteiger charge is -2.02. The standard InChI is InChI=1S/C14H18N2O/c1-2-3-9-13-12(14(15)17-16-13)10-11-7-5-4-6-8-11/h4-8H,2-3,9-10,15H2,1H3. The van der Waals surface area contributed by atoms with E-state index in [2.05, 4.69) is 24.2 Å². The van der Waals surface area contributed by atoms with Crippen LogP contribution in [-0.4, -0.2) is 5.16 Å². The van der Waals surface area contributed by atoms with E-state index in [0.29, 0.717) is 5.88 Å². The van der Waals surface area contributed by atoms with Gasteiger partial charge in [-0.25, -0.2) is 0 Å². The van der Waals surface area contributed by atoms with Gasteiger partial charge < -0.3 is 10.3 Å². The Labute approximate surface area is 102 Å². The average molecular weight is 230 g/mol. The van der Waals surface area contributed by atoms with Gasteiger partial charge in [0.05, 0.1) is 5.69 Å². The molecule has 1 aromatic carbocycles. The summed E-state index contributed by atoms with van der Waals surface area (Å²) in [6.07, 6.45) is 4.01. The van der Waals surface area contributed by atoms with Crippen LogP contribution < -0.4 is 5.73 Å². The summed E-state index contributed by atoms with van der Waals surface area (Å²) >= 11 is 0. The summed E-state index contributed by atoms with van der Waals surface area (Å²) in [5, 5.41) is 4.05. The molecule has 0 atom stereocenters. The van der Waals surface area contributed by atoms with E-state index in [-0.39, 0.29) is 0 Å². The first-order valence-electron chi connectivity index (χ1n) is 6.08. The van der Waals surface area contributed by atoms with Crippen LogP contribution in [0.25, 0.3) is 0 Å². The van der Waals surface area contributed by atoms with Crippen molar-refractivity contribution in [1.82, 2.24) is 5.16 Å². The number of rotatable bonds is 5. The summed E-state index contributed by atoms with van der Waals surface area (Å²) in [6.45, 7) is 2.17. The number of nitrogen functional groups attached to an aromatic ring is 1. The van der Waals surface area contributed by atoms with Crippen LogP contribution >= 0.6 is 0 Å². The molecule has 0 saturated carbocycles. The molecule has 1 aromatic heterocycles. The second-order valence-electron chi connectivity index (χ2n) is 4.24. The van der Waals surface area contributed by atoms with E-state index >= 15 is 0 Å². The monoisotopic (exact) mass is 230 g/mol. The predicted octanol–water partition coefficient (Wildman–Crippen LogP) is 3.19. The van der Waals surface area contributed by atoms with Crippen molar-refractivity contribution < 1.29 is 4.52 Å². The van der Waals surface area contributed by atoms with Crippen molar-refractivity contribution in [2.24, 2.45) is 0 Å². The lowest BCUT2D eigenvalue weighted by atomic mass is 10.0. The van der Waals surface area contributed by atoms with Gasteiger partial charge >= 0.3 is 0 Å². The Morgan fingerprint density at radius 2 is 2.00 bits per heavy atom. The highest BCUT2D eigenvalue weighted by atomic mass is 16.5. The molecule has 1 heterocycles. The first-order chi connectivity index (χ1) is 8.31. The number of anilines is 1. The van der Waals surface area contributed by atoms with Gasteiger partial charge in [-0.05, 0) is 18.4 Å². The zero-order valence-corrected chi connectivity index (χ0v) is 10.1. The Balaban J connectivity index is 2.17. The predicted molar refractivity (Wildman–Crippen MR) is 68.8 cm³/mol. The molecular formula is C14H18N2O. The topological polar surface area (TPSA) is 52.0 Å². The molecule has 2 rings (SSSR count). The van der Waals surface area contributed by atoms with Crippen LogP contribution in [0.5, 0.6) is 0 Å². The van der Waals surface area contributed by atoms with Crippen molar-refractivity contribution in [3.8, 4) is 0 Å². The maximum Gasteiger partial charge on any atom is 0.225 e. The maximum atomic E-state index is 5.83. The van der Waals surface area contributed by atoms with Crippen molar-refractivity contribution in [2.75, 3.05) is 5.73 Å². The minimum Gasteiger partial charge on any atom is -0.367 e. The van der Waals surface area contributed by atoms with Crippen molar-refractivity contribution in [3.63, 3.8) is 0 Å². The van der Waals surface area contributed by atoms with Gasteiger partial charge in [-0.15, -0.1) is 0 Å². The lowest BCUT2D eigenvalue weighted by molar-refractivity contribution is 0.426. The SMILES string of the molecule is CCCCc1noc(N)c1Cc1ccccc1. The van der Waals surface area contributed by atoms with Gasteiger partial charge in [0.1, 0.15) is 0 Å². The number of aromatic nitrogens is 1. The Morgan fingerprint density at radius 1 is 1.24 bits per heavy atom. The number of hydrogen-bond acceptors (Lipinski definition) is 3. The second kappa shape index (κ2) is 5.53. The molecule has 0 aliphatic heterocycles. The molecule has 0 spiro atoms. The van der Waals surface area contributed by atoms with Gasteiger partial charge in [0.25, 0.3) is 0 Å². The molecule has 0 radical (unpaired) electrons. The third kappa shape index (κ3) is 2.87. The highest BCUT2D eigenvalue weighted by Crippen LogP contribution is 2.21. The highest BCUT2D eigenvalue weighted by Gasteiger charge is 2.13. The van der Waals surface area contributed by atoms with Crippen molar-refractivity contribution in [3.05, 3.63) is 47.2 Å². The van der Waals surface area contributed by atoms with E-state index in [1.165, 1.54) is 5.56 Å². The van der Waals surface area contributed by atoms with Crippen LogP contribution in [0, 0.1) is 0 Å². The molecule has 0 saturated heterocycles. The third-order valence-electron chi connectivity index (χ3n) is 2.89. The first kappa shape index (κ1) is 11.7. The number of aryl methyl sites for hydroxylation is 1. The lowest BCUT2D eigenvalue weighted by Crippen LogP contribution is -1.97. The fourth-order valence-electron chi connectivity index (χ4n) is 1.89. The fraction of sp³-hybridized carbons (Fsp3) is 0.357. The van der Waals surface area contributed by atoms with Gasteiger partial charge in [-0.3, -0.25) is 0 Å². The van der Waals surface area contributed by atoms with E-state index in [4.69, 9.17) is 10.3 Å². The van der Waals surface area contributed by atoms with E-state index in [0.717, 1.165) is 36.9 Å². The molecule has 3 nitrogen and oxygen atoms in total. The summed E-state index contributed by atoms with van der Waals surface area (Å²) in [5.41, 5.74) is 9.12. The Morgan fingerprint density at radius 3 is 2.71 bits per heavy atom. The number of nitrogens with two attached hydrogens (primary N) is 1. The van der Waals surface area contributed by atoms with Crippen LogP contribution in [-0.2, 0) is 12.8 Å². The number of benzene rings is 1. The fourth-order valence-corrected chi connectivity index (χ4v) is 1.89. The summed E-state index contributed by atoms with van der Waals surface area (Å²) in [7, 11) is 0.